The van der Waals surface area contributed by atoms with Crippen molar-refractivity contribution in [2.45, 2.75) is 6.92 Å². The second-order valence-electron chi connectivity index (χ2n) is 4.41. The highest BCUT2D eigenvalue weighted by Crippen LogP contribution is 2.29. The highest BCUT2D eigenvalue weighted by atomic mass is 32.1. The SMILES string of the molecule is COc1cc([N+](=O)[O-])ccc1NC(=O)/C=C/c1ccc(C)s1. The molecule has 0 bridgehead atoms. The number of nitrogens with one attached hydrogen (secondary N) is 1. The van der Waals surface area contributed by atoms with Crippen LogP contribution in [0.15, 0.2) is 36.4 Å². The molecule has 2 rings (SSSR count). The molecule has 7 heteroatoms. The van der Waals surface area contributed by atoms with Crippen LogP contribution in [0.25, 0.3) is 6.08 Å². The van der Waals surface area contributed by atoms with Crippen LogP contribution in [0.4, 0.5) is 11.4 Å². The number of carbonyl (C=O) groups excluding carboxylic acids is 1. The van der Waals surface area contributed by atoms with Gasteiger partial charge < -0.3 is 10.1 Å². The van der Waals surface area contributed by atoms with Gasteiger partial charge in [-0.05, 0) is 31.2 Å². The maximum atomic E-state index is 11.9. The highest BCUT2D eigenvalue weighted by molar-refractivity contribution is 7.12. The van der Waals surface area contributed by atoms with Gasteiger partial charge in [-0.25, -0.2) is 0 Å². The van der Waals surface area contributed by atoms with Crippen LogP contribution in [0, 0.1) is 17.0 Å². The summed E-state index contributed by atoms with van der Waals surface area (Å²) in [5.74, 6) is -0.0962. The van der Waals surface area contributed by atoms with Crippen LogP contribution in [0.2, 0.25) is 0 Å². The quantitative estimate of drug-likeness (QED) is 0.518. The fraction of sp³-hybridized carbons (Fsp3) is 0.133. The molecule has 22 heavy (non-hydrogen) atoms. The molecule has 0 fully saturated rings. The van der Waals surface area contributed by atoms with E-state index in [1.807, 2.05) is 19.1 Å². The van der Waals surface area contributed by atoms with Crippen LogP contribution < -0.4 is 10.1 Å². The minimum absolute atomic E-state index is 0.0977. The number of nitro benzene ring substituents is 1. The summed E-state index contributed by atoms with van der Waals surface area (Å²) < 4.78 is 5.06. The van der Waals surface area contributed by atoms with Crippen molar-refractivity contribution < 1.29 is 14.5 Å². The summed E-state index contributed by atoms with van der Waals surface area (Å²) in [5.41, 5.74) is 0.282. The van der Waals surface area contributed by atoms with E-state index in [-0.39, 0.29) is 17.3 Å². The van der Waals surface area contributed by atoms with Gasteiger partial charge in [0.05, 0.1) is 23.8 Å². The van der Waals surface area contributed by atoms with Gasteiger partial charge in [0.2, 0.25) is 5.91 Å². The van der Waals surface area contributed by atoms with Crippen molar-refractivity contribution in [3.8, 4) is 5.75 Å². The van der Waals surface area contributed by atoms with Crippen LogP contribution in [0.5, 0.6) is 5.75 Å². The van der Waals surface area contributed by atoms with Crippen molar-refractivity contribution in [2.75, 3.05) is 12.4 Å². The summed E-state index contributed by atoms with van der Waals surface area (Å²) in [6, 6.07) is 7.92. The number of ether oxygens (including phenoxy) is 1. The average molecular weight is 318 g/mol. The van der Waals surface area contributed by atoms with Crippen molar-refractivity contribution in [1.29, 1.82) is 0 Å². The first-order valence-electron chi connectivity index (χ1n) is 6.37. The van der Waals surface area contributed by atoms with E-state index >= 15 is 0 Å². The lowest BCUT2D eigenvalue weighted by molar-refractivity contribution is -0.384. The molecular formula is C15H14N2O4S. The molecule has 0 aliphatic heterocycles. The van der Waals surface area contributed by atoms with Crippen LogP contribution in [0.1, 0.15) is 9.75 Å². The van der Waals surface area contributed by atoms with Crippen molar-refractivity contribution in [3.05, 3.63) is 56.3 Å². The normalized spacial score (nSPS) is 10.6. The van der Waals surface area contributed by atoms with Crippen molar-refractivity contribution in [1.82, 2.24) is 0 Å². The molecule has 1 amide bonds. The molecule has 0 atom stereocenters. The predicted molar refractivity (Wildman–Crippen MR) is 86.4 cm³/mol. The van der Waals surface area contributed by atoms with E-state index < -0.39 is 4.92 Å². The molecule has 0 saturated carbocycles. The minimum Gasteiger partial charge on any atom is -0.494 e. The van der Waals surface area contributed by atoms with E-state index in [1.165, 1.54) is 31.4 Å². The number of nitro groups is 1. The summed E-state index contributed by atoms with van der Waals surface area (Å²) >= 11 is 1.58. The summed E-state index contributed by atoms with van der Waals surface area (Å²) in [6.07, 6.45) is 3.12. The first-order valence-corrected chi connectivity index (χ1v) is 7.19. The molecule has 0 aliphatic rings. The number of methoxy groups -OCH3 is 1. The zero-order valence-electron chi connectivity index (χ0n) is 12.0. The number of thiophene rings is 1. The number of non-ortho nitro benzene ring substituents is 1. The largest absolute Gasteiger partial charge is 0.494 e. The summed E-state index contributed by atoms with van der Waals surface area (Å²) in [5, 5.41) is 13.4. The van der Waals surface area contributed by atoms with Gasteiger partial charge in [-0.15, -0.1) is 11.3 Å². The maximum Gasteiger partial charge on any atom is 0.273 e. The number of hydrogen-bond donors (Lipinski definition) is 1. The number of anilines is 1. The zero-order valence-corrected chi connectivity index (χ0v) is 12.8. The minimum atomic E-state index is -0.521. The zero-order chi connectivity index (χ0) is 16.1. The van der Waals surface area contributed by atoms with Gasteiger partial charge in [0.1, 0.15) is 5.75 Å². The molecule has 0 unspecified atom stereocenters. The topological polar surface area (TPSA) is 81.5 Å². The molecule has 1 aromatic heterocycles. The molecular weight excluding hydrogens is 304 g/mol. The Morgan fingerprint density at radius 1 is 1.36 bits per heavy atom. The molecule has 2 aromatic rings. The molecule has 6 nitrogen and oxygen atoms in total. The number of nitrogens with zero attached hydrogens (tertiary/aromatic N) is 1. The van der Waals surface area contributed by atoms with E-state index in [0.29, 0.717) is 5.69 Å². The summed E-state index contributed by atoms with van der Waals surface area (Å²) in [4.78, 5) is 24.2. The molecule has 1 heterocycles. The number of benzene rings is 1. The smallest absolute Gasteiger partial charge is 0.273 e. The Labute approximate surface area is 131 Å². The fourth-order valence-corrected chi connectivity index (χ4v) is 2.55. The number of hydrogen-bond acceptors (Lipinski definition) is 5. The Balaban J connectivity index is 2.11. The van der Waals surface area contributed by atoms with Crippen molar-refractivity contribution in [3.63, 3.8) is 0 Å². The lowest BCUT2D eigenvalue weighted by Crippen LogP contribution is -2.09. The number of amides is 1. The lowest BCUT2D eigenvalue weighted by Gasteiger charge is -2.08. The Morgan fingerprint density at radius 2 is 2.14 bits per heavy atom. The van der Waals surface area contributed by atoms with Gasteiger partial charge in [-0.1, -0.05) is 0 Å². The number of carbonyl (C=O) groups is 1. The molecule has 1 aromatic carbocycles. The fourth-order valence-electron chi connectivity index (χ4n) is 1.77. The van der Waals surface area contributed by atoms with E-state index in [9.17, 15) is 14.9 Å². The third-order valence-electron chi connectivity index (χ3n) is 2.81. The third kappa shape index (κ3) is 3.92. The number of rotatable bonds is 5. The van der Waals surface area contributed by atoms with Gasteiger partial charge in [0.15, 0.2) is 0 Å². The number of aryl methyl sites for hydroxylation is 1. The maximum absolute atomic E-state index is 11.9. The standard InChI is InChI=1S/C15H14N2O4S/c1-10-3-5-12(22-10)6-8-15(18)16-13-7-4-11(17(19)20)9-14(13)21-2/h3-9H,1-2H3,(H,16,18)/b8-6+. The summed E-state index contributed by atoms with van der Waals surface area (Å²) in [7, 11) is 1.39. The lowest BCUT2D eigenvalue weighted by atomic mass is 10.2. The predicted octanol–water partition coefficient (Wildman–Crippen LogP) is 3.63. The first-order chi connectivity index (χ1) is 10.5. The van der Waals surface area contributed by atoms with E-state index in [2.05, 4.69) is 5.32 Å². The third-order valence-corrected chi connectivity index (χ3v) is 3.78. The monoisotopic (exact) mass is 318 g/mol. The van der Waals surface area contributed by atoms with Gasteiger partial charge in [-0.3, -0.25) is 14.9 Å². The van der Waals surface area contributed by atoms with E-state index in [1.54, 1.807) is 17.4 Å². The molecule has 114 valence electrons. The van der Waals surface area contributed by atoms with E-state index in [4.69, 9.17) is 4.74 Å². The van der Waals surface area contributed by atoms with Crippen LogP contribution >= 0.6 is 11.3 Å². The second-order valence-corrected chi connectivity index (χ2v) is 5.73. The van der Waals surface area contributed by atoms with Gasteiger partial charge in [0.25, 0.3) is 5.69 Å². The first kappa shape index (κ1) is 15.7. The van der Waals surface area contributed by atoms with Gasteiger partial charge in [-0.2, -0.15) is 0 Å². The Bertz CT molecular complexity index is 737. The van der Waals surface area contributed by atoms with Crippen LogP contribution in [-0.2, 0) is 4.79 Å². The highest BCUT2D eigenvalue weighted by Gasteiger charge is 2.12. The van der Waals surface area contributed by atoms with Crippen molar-refractivity contribution in [2.24, 2.45) is 0 Å². The molecule has 0 saturated heterocycles. The van der Waals surface area contributed by atoms with Crippen LogP contribution in [0.3, 0.4) is 0 Å². The second kappa shape index (κ2) is 6.86. The van der Waals surface area contributed by atoms with Gasteiger partial charge >= 0.3 is 0 Å². The van der Waals surface area contributed by atoms with E-state index in [0.717, 1.165) is 9.75 Å². The molecule has 1 N–H and O–H groups in total. The Morgan fingerprint density at radius 3 is 2.73 bits per heavy atom. The molecule has 0 aliphatic carbocycles. The van der Waals surface area contributed by atoms with Crippen molar-refractivity contribution >= 4 is 34.7 Å². The Kier molecular flexibility index (Phi) is 4.90. The molecule has 0 spiro atoms. The summed E-state index contributed by atoms with van der Waals surface area (Å²) in [6.45, 7) is 1.99. The average Bonchev–Trinajstić information content (AvgIpc) is 2.91. The molecule has 0 radical (unpaired) electrons. The van der Waals surface area contributed by atoms with Crippen LogP contribution in [-0.4, -0.2) is 17.9 Å². The Hall–Kier alpha value is -2.67. The van der Waals surface area contributed by atoms with Gasteiger partial charge in [0, 0.05) is 21.9 Å².